The first kappa shape index (κ1) is 31.0. The molecule has 3 N–H and O–H groups in total. The highest BCUT2D eigenvalue weighted by Gasteiger charge is 2.37. The van der Waals surface area contributed by atoms with Crippen molar-refractivity contribution in [3.63, 3.8) is 0 Å². The predicted octanol–water partition coefficient (Wildman–Crippen LogP) is 4.11. The number of aromatic nitrogens is 1. The van der Waals surface area contributed by atoms with E-state index < -0.39 is 35.7 Å². The maximum atomic E-state index is 13.6. The first-order valence-corrected chi connectivity index (χ1v) is 13.9. The van der Waals surface area contributed by atoms with Gasteiger partial charge in [-0.3, -0.25) is 14.8 Å². The van der Waals surface area contributed by atoms with Crippen LogP contribution in [0.2, 0.25) is 0 Å². The number of anilines is 1. The molecule has 1 aliphatic rings. The van der Waals surface area contributed by atoms with Crippen LogP contribution in [-0.4, -0.2) is 70.9 Å². The van der Waals surface area contributed by atoms with E-state index in [0.29, 0.717) is 30.5 Å². The van der Waals surface area contributed by atoms with E-state index in [-0.39, 0.29) is 38.1 Å². The van der Waals surface area contributed by atoms with E-state index in [1.807, 2.05) is 38.1 Å². The monoisotopic (exact) mass is 588 g/mol. The number of rotatable bonds is 10. The van der Waals surface area contributed by atoms with Gasteiger partial charge in [-0.2, -0.15) is 13.2 Å². The predicted molar refractivity (Wildman–Crippen MR) is 150 cm³/mol. The molecule has 2 atom stereocenters. The van der Waals surface area contributed by atoms with Gasteiger partial charge in [0.2, 0.25) is 5.91 Å². The molecule has 2 aromatic carbocycles. The Hall–Kier alpha value is -3.90. The van der Waals surface area contributed by atoms with Crippen molar-refractivity contribution in [1.82, 2.24) is 15.4 Å². The molecule has 2 amide bonds. The summed E-state index contributed by atoms with van der Waals surface area (Å²) >= 11 is 0. The number of aryl methyl sites for hydroxylation is 2. The fourth-order valence-corrected chi connectivity index (χ4v) is 5.24. The zero-order valence-electron chi connectivity index (χ0n) is 23.5. The second kappa shape index (κ2) is 13.4. The molecule has 1 saturated heterocycles. The average Bonchev–Trinajstić information content (AvgIpc) is 2.98. The molecule has 9 nitrogen and oxygen atoms in total. The lowest BCUT2D eigenvalue weighted by molar-refractivity contribution is -0.150. The SMILES string of the molecule is CCOc1ccc(CCCC(C(=O)N2CCN(c3cc(C(F)(F)F)nc4ccc(C)cc34)CC2)[C@H](O)C(=O)NO)cc1. The minimum Gasteiger partial charge on any atom is -0.494 e. The molecule has 4 rings (SSSR count). The Morgan fingerprint density at radius 3 is 2.38 bits per heavy atom. The number of carbonyl (C=O) groups excluding carboxylic acids is 2. The van der Waals surface area contributed by atoms with Crippen LogP contribution in [0.15, 0.2) is 48.5 Å². The fraction of sp³-hybridized carbons (Fsp3) is 0.433. The van der Waals surface area contributed by atoms with Crippen molar-refractivity contribution >= 4 is 28.4 Å². The Bertz CT molecular complexity index is 1390. The summed E-state index contributed by atoms with van der Waals surface area (Å²) in [5, 5.41) is 20.3. The molecular formula is C30H35F3N4O5. The number of pyridine rings is 1. The molecule has 0 bridgehead atoms. The number of halogens is 3. The molecule has 226 valence electrons. The van der Waals surface area contributed by atoms with Crippen molar-refractivity contribution in [3.05, 3.63) is 65.4 Å². The number of ether oxygens (including phenoxy) is 1. The largest absolute Gasteiger partial charge is 0.494 e. The maximum Gasteiger partial charge on any atom is 0.433 e. The Morgan fingerprint density at radius 1 is 1.07 bits per heavy atom. The topological polar surface area (TPSA) is 115 Å². The van der Waals surface area contributed by atoms with Gasteiger partial charge in [0, 0.05) is 37.3 Å². The van der Waals surface area contributed by atoms with E-state index in [2.05, 4.69) is 4.98 Å². The molecule has 3 aromatic rings. The highest BCUT2D eigenvalue weighted by molar-refractivity contribution is 5.93. The number of hydrogen-bond donors (Lipinski definition) is 3. The number of benzene rings is 2. The molecule has 42 heavy (non-hydrogen) atoms. The van der Waals surface area contributed by atoms with Crippen LogP contribution >= 0.6 is 0 Å². The summed E-state index contributed by atoms with van der Waals surface area (Å²) in [5.41, 5.74) is 2.92. The minimum atomic E-state index is -4.62. The molecule has 0 radical (unpaired) electrons. The number of fused-ring (bicyclic) bond motifs is 1. The third-order valence-electron chi connectivity index (χ3n) is 7.46. The summed E-state index contributed by atoms with van der Waals surface area (Å²) in [7, 11) is 0. The second-order valence-electron chi connectivity index (χ2n) is 10.4. The number of nitrogens with one attached hydrogen (secondary N) is 1. The lowest BCUT2D eigenvalue weighted by atomic mass is 9.92. The summed E-state index contributed by atoms with van der Waals surface area (Å²) < 4.78 is 46.3. The van der Waals surface area contributed by atoms with E-state index in [1.165, 1.54) is 10.4 Å². The number of aliphatic hydroxyl groups is 1. The number of alkyl halides is 3. The molecule has 0 aliphatic carbocycles. The van der Waals surface area contributed by atoms with Crippen molar-refractivity contribution < 1.29 is 37.8 Å². The first-order chi connectivity index (χ1) is 20.0. The summed E-state index contributed by atoms with van der Waals surface area (Å²) in [6.07, 6.45) is -5.12. The van der Waals surface area contributed by atoms with Crippen LogP contribution in [0.4, 0.5) is 18.9 Å². The van der Waals surface area contributed by atoms with Crippen molar-refractivity contribution in [2.45, 2.75) is 45.4 Å². The summed E-state index contributed by atoms with van der Waals surface area (Å²) in [5.74, 6) is -1.89. The first-order valence-electron chi connectivity index (χ1n) is 13.9. The van der Waals surface area contributed by atoms with Crippen molar-refractivity contribution in [2.75, 3.05) is 37.7 Å². The molecule has 1 fully saturated rings. The van der Waals surface area contributed by atoms with Gasteiger partial charge in [-0.25, -0.2) is 10.5 Å². The van der Waals surface area contributed by atoms with Crippen LogP contribution in [0.25, 0.3) is 10.9 Å². The number of nitrogens with zero attached hydrogens (tertiary/aromatic N) is 3. The third kappa shape index (κ3) is 7.29. The number of carbonyl (C=O) groups is 2. The van der Waals surface area contributed by atoms with Gasteiger partial charge in [0.1, 0.15) is 17.5 Å². The van der Waals surface area contributed by atoms with Crippen molar-refractivity contribution in [2.24, 2.45) is 5.92 Å². The standard InChI is InChI=1S/C30H35F3N4O5/c1-3-42-21-10-8-20(9-11-21)5-4-6-22(27(38)28(39)35-41)29(40)37-15-13-36(14-16-37)25-18-26(30(31,32)33)34-24-12-7-19(2)17-23(24)25/h7-12,17-18,22,27,38,41H,3-6,13-16H2,1-2H3,(H,35,39)/t22?,27-/m0/s1. The van der Waals surface area contributed by atoms with Crippen LogP contribution in [0.3, 0.4) is 0 Å². The molecule has 2 heterocycles. The average molecular weight is 589 g/mol. The van der Waals surface area contributed by atoms with Gasteiger partial charge in [-0.1, -0.05) is 23.8 Å². The molecule has 1 aromatic heterocycles. The van der Waals surface area contributed by atoms with Crippen LogP contribution in [0.5, 0.6) is 5.75 Å². The smallest absolute Gasteiger partial charge is 0.433 e. The Morgan fingerprint density at radius 2 is 1.76 bits per heavy atom. The molecule has 1 unspecified atom stereocenters. The van der Waals surface area contributed by atoms with E-state index >= 15 is 0 Å². The molecule has 12 heteroatoms. The Kier molecular flexibility index (Phi) is 9.89. The zero-order valence-corrected chi connectivity index (χ0v) is 23.5. The van der Waals surface area contributed by atoms with Crippen molar-refractivity contribution in [1.29, 1.82) is 0 Å². The summed E-state index contributed by atoms with van der Waals surface area (Å²) in [6.45, 7) is 5.15. The van der Waals surface area contributed by atoms with Gasteiger partial charge >= 0.3 is 6.18 Å². The summed E-state index contributed by atoms with van der Waals surface area (Å²) in [6, 6.07) is 13.6. The number of hydrogen-bond acceptors (Lipinski definition) is 7. The quantitative estimate of drug-likeness (QED) is 0.241. The van der Waals surface area contributed by atoms with Crippen LogP contribution in [0.1, 0.15) is 36.6 Å². The van der Waals surface area contributed by atoms with Gasteiger partial charge in [-0.05, 0) is 69.0 Å². The number of hydroxylamine groups is 1. The highest BCUT2D eigenvalue weighted by Crippen LogP contribution is 2.35. The van der Waals surface area contributed by atoms with E-state index in [1.54, 1.807) is 23.1 Å². The molecular weight excluding hydrogens is 553 g/mol. The number of aliphatic hydroxyl groups excluding tert-OH is 1. The molecule has 0 saturated carbocycles. The number of piperazine rings is 1. The van der Waals surface area contributed by atoms with Crippen LogP contribution < -0.4 is 15.1 Å². The van der Waals surface area contributed by atoms with E-state index in [9.17, 15) is 27.9 Å². The Labute approximate surface area is 241 Å². The highest BCUT2D eigenvalue weighted by atomic mass is 19.4. The molecule has 1 aliphatic heterocycles. The zero-order chi connectivity index (χ0) is 30.4. The Balaban J connectivity index is 1.46. The van der Waals surface area contributed by atoms with Gasteiger partial charge in [0.25, 0.3) is 5.91 Å². The van der Waals surface area contributed by atoms with E-state index in [4.69, 9.17) is 9.94 Å². The lowest BCUT2D eigenvalue weighted by Crippen LogP contribution is -2.53. The van der Waals surface area contributed by atoms with E-state index in [0.717, 1.165) is 22.9 Å². The normalized spacial score (nSPS) is 15.4. The lowest BCUT2D eigenvalue weighted by Gasteiger charge is -2.38. The van der Waals surface area contributed by atoms with Crippen LogP contribution in [0, 0.1) is 12.8 Å². The van der Waals surface area contributed by atoms with Gasteiger partial charge in [-0.15, -0.1) is 0 Å². The minimum absolute atomic E-state index is 0.179. The van der Waals surface area contributed by atoms with Gasteiger partial charge in [0.05, 0.1) is 18.0 Å². The van der Waals surface area contributed by atoms with Crippen LogP contribution in [-0.2, 0) is 22.2 Å². The second-order valence-corrected chi connectivity index (χ2v) is 10.4. The van der Waals surface area contributed by atoms with Gasteiger partial charge in [0.15, 0.2) is 0 Å². The van der Waals surface area contributed by atoms with Crippen molar-refractivity contribution in [3.8, 4) is 5.75 Å². The number of amides is 2. The maximum absolute atomic E-state index is 13.6. The fourth-order valence-electron chi connectivity index (χ4n) is 5.24. The molecule has 0 spiro atoms. The summed E-state index contributed by atoms with van der Waals surface area (Å²) in [4.78, 5) is 32.7. The van der Waals surface area contributed by atoms with Gasteiger partial charge < -0.3 is 19.6 Å². The third-order valence-corrected chi connectivity index (χ3v) is 7.46.